The fourth-order valence-corrected chi connectivity index (χ4v) is 5.62. The van der Waals surface area contributed by atoms with Gasteiger partial charge in [-0.1, -0.05) is 24.3 Å². The lowest BCUT2D eigenvalue weighted by molar-refractivity contribution is -0.122. The number of rotatable bonds is 4. The fourth-order valence-electron chi connectivity index (χ4n) is 4.99. The largest absolute Gasteiger partial charge is 0.354 e. The molecule has 1 fully saturated rings. The first kappa shape index (κ1) is 19.2. The molecule has 148 valence electrons. The molecule has 1 aromatic heterocycles. The lowest BCUT2D eigenvalue weighted by atomic mass is 9.73. The van der Waals surface area contributed by atoms with Gasteiger partial charge in [0.05, 0.1) is 5.56 Å². The van der Waals surface area contributed by atoms with Crippen LogP contribution >= 0.6 is 11.3 Å². The molecule has 28 heavy (non-hydrogen) atoms. The van der Waals surface area contributed by atoms with Gasteiger partial charge < -0.3 is 10.2 Å². The highest BCUT2D eigenvalue weighted by molar-refractivity contribution is 7.08. The van der Waals surface area contributed by atoms with Gasteiger partial charge in [0.25, 0.3) is 5.91 Å². The van der Waals surface area contributed by atoms with Gasteiger partial charge in [0.2, 0.25) is 5.91 Å². The summed E-state index contributed by atoms with van der Waals surface area (Å²) >= 11 is 1.57. The van der Waals surface area contributed by atoms with Gasteiger partial charge in [-0.25, -0.2) is 0 Å². The maximum Gasteiger partial charge on any atom is 0.254 e. The molecule has 4 rings (SSSR count). The molecule has 5 heteroatoms. The minimum Gasteiger partial charge on any atom is -0.354 e. The molecule has 0 unspecified atom stereocenters. The summed E-state index contributed by atoms with van der Waals surface area (Å²) in [5.74, 6) is 0.557. The van der Waals surface area contributed by atoms with Gasteiger partial charge >= 0.3 is 0 Å². The van der Waals surface area contributed by atoms with E-state index in [1.54, 1.807) is 11.3 Å². The molecule has 0 bridgehead atoms. The van der Waals surface area contributed by atoms with Gasteiger partial charge in [-0.15, -0.1) is 0 Å². The van der Waals surface area contributed by atoms with Gasteiger partial charge in [-0.3, -0.25) is 9.59 Å². The molecule has 1 aromatic carbocycles. The van der Waals surface area contributed by atoms with Crippen LogP contribution in [0.1, 0.15) is 66.9 Å². The number of carbonyl (C=O) groups is 2. The highest BCUT2D eigenvalue weighted by Gasteiger charge is 2.46. The Hall–Kier alpha value is -2.14. The van der Waals surface area contributed by atoms with E-state index >= 15 is 0 Å². The third-order valence-electron chi connectivity index (χ3n) is 6.27. The van der Waals surface area contributed by atoms with E-state index in [1.165, 1.54) is 11.1 Å². The first-order chi connectivity index (χ1) is 13.5. The van der Waals surface area contributed by atoms with Crippen molar-refractivity contribution in [3.63, 3.8) is 0 Å². The molecule has 2 aliphatic rings. The van der Waals surface area contributed by atoms with Crippen molar-refractivity contribution >= 4 is 23.2 Å². The average Bonchev–Trinajstić information content (AvgIpc) is 3.30. The van der Waals surface area contributed by atoms with Crippen molar-refractivity contribution in [3.8, 4) is 0 Å². The Morgan fingerprint density at radius 1 is 1.21 bits per heavy atom. The molecule has 1 saturated heterocycles. The molecule has 1 aliphatic heterocycles. The molecule has 2 aromatic rings. The van der Waals surface area contributed by atoms with Crippen LogP contribution in [-0.4, -0.2) is 35.8 Å². The quantitative estimate of drug-likeness (QED) is 0.836. The number of hydrogen-bond acceptors (Lipinski definition) is 3. The molecule has 1 spiro atoms. The predicted molar refractivity (Wildman–Crippen MR) is 113 cm³/mol. The van der Waals surface area contributed by atoms with Gasteiger partial charge in [0.1, 0.15) is 0 Å². The van der Waals surface area contributed by atoms with Crippen LogP contribution in [-0.2, 0) is 10.2 Å². The zero-order valence-electron chi connectivity index (χ0n) is 16.6. The smallest absolute Gasteiger partial charge is 0.254 e. The molecule has 4 nitrogen and oxygen atoms in total. The summed E-state index contributed by atoms with van der Waals surface area (Å²) in [6, 6.07) is 10.7. The van der Waals surface area contributed by atoms with Crippen LogP contribution < -0.4 is 5.32 Å². The van der Waals surface area contributed by atoms with Crippen LogP contribution in [0.4, 0.5) is 0 Å². The average molecular weight is 397 g/mol. The van der Waals surface area contributed by atoms with E-state index in [2.05, 4.69) is 29.6 Å². The zero-order chi connectivity index (χ0) is 19.7. The van der Waals surface area contributed by atoms with E-state index in [1.807, 2.05) is 35.6 Å². The van der Waals surface area contributed by atoms with Crippen LogP contribution in [0.15, 0.2) is 41.1 Å². The fraction of sp³-hybridized carbons (Fsp3) is 0.478. The minimum absolute atomic E-state index is 0.102. The third kappa shape index (κ3) is 3.60. The first-order valence-electron chi connectivity index (χ1n) is 10.2. The molecule has 2 amide bonds. The summed E-state index contributed by atoms with van der Waals surface area (Å²) in [6.45, 7) is 5.58. The Labute approximate surface area is 170 Å². The molecule has 0 radical (unpaired) electrons. The van der Waals surface area contributed by atoms with Gasteiger partial charge in [0.15, 0.2) is 0 Å². The van der Waals surface area contributed by atoms with Gasteiger partial charge in [0, 0.05) is 30.9 Å². The number of nitrogens with one attached hydrogen (secondary N) is 1. The Morgan fingerprint density at radius 2 is 1.96 bits per heavy atom. The summed E-state index contributed by atoms with van der Waals surface area (Å²) in [5, 5.41) is 6.93. The molecule has 1 N–H and O–H groups in total. The standard InChI is InChI=1S/C23H28N2O2S/c1-16(2)24-21(26)13-18-14-23(20-6-4-3-5-19(18)20)8-10-25(11-9-23)22(27)17-7-12-28-15-17/h3-7,12,15-16,18H,8-11,13-14H2,1-2H3,(H,24,26)/t18-/m1/s1. The van der Waals surface area contributed by atoms with E-state index in [0.29, 0.717) is 6.42 Å². The normalized spacial score (nSPS) is 20.4. The summed E-state index contributed by atoms with van der Waals surface area (Å²) in [7, 11) is 0. The molecule has 1 aliphatic carbocycles. The van der Waals surface area contributed by atoms with E-state index in [9.17, 15) is 9.59 Å². The maximum atomic E-state index is 12.7. The number of fused-ring (bicyclic) bond motifs is 2. The second-order valence-electron chi connectivity index (χ2n) is 8.50. The van der Waals surface area contributed by atoms with E-state index in [4.69, 9.17) is 0 Å². The summed E-state index contributed by atoms with van der Waals surface area (Å²) in [5.41, 5.74) is 3.64. The van der Waals surface area contributed by atoms with Crippen LogP contribution in [0, 0.1) is 0 Å². The number of carbonyl (C=O) groups excluding carboxylic acids is 2. The molecule has 0 saturated carbocycles. The van der Waals surface area contributed by atoms with Crippen molar-refractivity contribution in [3.05, 3.63) is 57.8 Å². The molecule has 1 atom stereocenters. The topological polar surface area (TPSA) is 49.4 Å². The SMILES string of the molecule is CC(C)NC(=O)C[C@@H]1CC2(CCN(C(=O)c3ccsc3)CC2)c2ccccc21. The Balaban J connectivity index is 1.49. The van der Waals surface area contributed by atoms with E-state index in [0.717, 1.165) is 37.9 Å². The molecular formula is C23H28N2O2S. The lowest BCUT2D eigenvalue weighted by Gasteiger charge is -2.40. The van der Waals surface area contributed by atoms with Crippen molar-refractivity contribution in [2.45, 2.75) is 56.9 Å². The van der Waals surface area contributed by atoms with E-state index < -0.39 is 0 Å². The predicted octanol–water partition coefficient (Wildman–Crippen LogP) is 4.32. The molecule has 2 heterocycles. The Morgan fingerprint density at radius 3 is 2.64 bits per heavy atom. The van der Waals surface area contributed by atoms with Crippen molar-refractivity contribution in [1.82, 2.24) is 10.2 Å². The van der Waals surface area contributed by atoms with Gasteiger partial charge in [-0.05, 0) is 67.0 Å². The van der Waals surface area contributed by atoms with Crippen LogP contribution in [0.25, 0.3) is 0 Å². The third-order valence-corrected chi connectivity index (χ3v) is 6.95. The summed E-state index contributed by atoms with van der Waals surface area (Å²) in [6.07, 6.45) is 3.51. The number of amides is 2. The number of thiophene rings is 1. The van der Waals surface area contributed by atoms with Crippen molar-refractivity contribution in [2.24, 2.45) is 0 Å². The molecular weight excluding hydrogens is 368 g/mol. The minimum atomic E-state index is 0.102. The first-order valence-corrected chi connectivity index (χ1v) is 11.1. The van der Waals surface area contributed by atoms with E-state index in [-0.39, 0.29) is 29.2 Å². The zero-order valence-corrected chi connectivity index (χ0v) is 17.4. The number of piperidine rings is 1. The van der Waals surface area contributed by atoms with Crippen LogP contribution in [0.3, 0.4) is 0 Å². The lowest BCUT2D eigenvalue weighted by Crippen LogP contribution is -2.44. The van der Waals surface area contributed by atoms with Crippen LogP contribution in [0.5, 0.6) is 0 Å². The van der Waals surface area contributed by atoms with Crippen molar-refractivity contribution in [1.29, 1.82) is 0 Å². The number of benzene rings is 1. The monoisotopic (exact) mass is 396 g/mol. The summed E-state index contributed by atoms with van der Waals surface area (Å²) < 4.78 is 0. The highest BCUT2D eigenvalue weighted by atomic mass is 32.1. The Kier molecular flexibility index (Phi) is 5.28. The van der Waals surface area contributed by atoms with Crippen LogP contribution in [0.2, 0.25) is 0 Å². The highest BCUT2D eigenvalue weighted by Crippen LogP contribution is 2.52. The van der Waals surface area contributed by atoms with Crippen molar-refractivity contribution < 1.29 is 9.59 Å². The Bertz CT molecular complexity index is 851. The second kappa shape index (κ2) is 7.70. The maximum absolute atomic E-state index is 12.7. The number of nitrogens with zero attached hydrogens (tertiary/aromatic N) is 1. The number of hydrogen-bond donors (Lipinski definition) is 1. The second-order valence-corrected chi connectivity index (χ2v) is 9.28. The number of likely N-dealkylation sites (tertiary alicyclic amines) is 1. The van der Waals surface area contributed by atoms with Gasteiger partial charge in [-0.2, -0.15) is 11.3 Å². The van der Waals surface area contributed by atoms with Crippen molar-refractivity contribution in [2.75, 3.05) is 13.1 Å². The summed E-state index contributed by atoms with van der Waals surface area (Å²) in [4.78, 5) is 27.1.